The van der Waals surface area contributed by atoms with Crippen molar-refractivity contribution in [1.29, 1.82) is 5.26 Å². The predicted octanol–water partition coefficient (Wildman–Crippen LogP) is 3.20. The molecule has 84 valence electrons. The van der Waals surface area contributed by atoms with Gasteiger partial charge in [-0.25, -0.2) is 0 Å². The number of nitrogens with zero attached hydrogens (tertiary/aromatic N) is 1. The van der Waals surface area contributed by atoms with Crippen molar-refractivity contribution in [2.24, 2.45) is 5.92 Å². The third kappa shape index (κ3) is 3.56. The van der Waals surface area contributed by atoms with Crippen LogP contribution in [0.3, 0.4) is 0 Å². The van der Waals surface area contributed by atoms with Crippen LogP contribution in [-0.2, 0) is 4.79 Å². The van der Waals surface area contributed by atoms with Gasteiger partial charge in [0.15, 0.2) is 0 Å². The van der Waals surface area contributed by atoms with Crippen LogP contribution >= 0.6 is 11.6 Å². The molecular weight excluding hydrogens is 224 g/mol. The molecule has 4 heteroatoms. The minimum absolute atomic E-state index is 0.0908. The number of nitrogens with one attached hydrogen (secondary N) is 1. The zero-order valence-corrected chi connectivity index (χ0v) is 10.0. The fourth-order valence-electron chi connectivity index (χ4n) is 1.26. The molecule has 0 aliphatic rings. The van der Waals surface area contributed by atoms with Gasteiger partial charge in [-0.2, -0.15) is 5.26 Å². The average molecular weight is 237 g/mol. The number of amides is 1. The van der Waals surface area contributed by atoms with Crippen molar-refractivity contribution in [3.05, 3.63) is 28.8 Å². The first-order valence-corrected chi connectivity index (χ1v) is 5.40. The summed E-state index contributed by atoms with van der Waals surface area (Å²) in [5.74, 6) is 0.199. The van der Waals surface area contributed by atoms with Crippen LogP contribution in [0.4, 0.5) is 5.69 Å². The molecule has 0 saturated carbocycles. The Morgan fingerprint density at radius 2 is 2.25 bits per heavy atom. The molecule has 1 amide bonds. The van der Waals surface area contributed by atoms with Crippen molar-refractivity contribution in [3.63, 3.8) is 0 Å². The van der Waals surface area contributed by atoms with Crippen molar-refractivity contribution < 1.29 is 4.79 Å². The van der Waals surface area contributed by atoms with Gasteiger partial charge in [-0.05, 0) is 24.1 Å². The monoisotopic (exact) mass is 236 g/mol. The Balaban J connectivity index is 2.81. The predicted molar refractivity (Wildman–Crippen MR) is 64.3 cm³/mol. The minimum atomic E-state index is -0.0908. The Bertz CT molecular complexity index is 435. The fraction of sp³-hybridized carbons (Fsp3) is 0.333. The standard InChI is InChI=1S/C12H13ClN2O/c1-8(2)5-12(16)15-11-6-9(7-14)3-4-10(11)13/h3-4,6,8H,5H2,1-2H3,(H,15,16). The molecule has 3 nitrogen and oxygen atoms in total. The number of carbonyl (C=O) groups is 1. The second-order valence-corrected chi connectivity index (χ2v) is 4.36. The topological polar surface area (TPSA) is 52.9 Å². The SMILES string of the molecule is CC(C)CC(=O)Nc1cc(C#N)ccc1Cl. The van der Waals surface area contributed by atoms with Gasteiger partial charge in [-0.3, -0.25) is 4.79 Å². The third-order valence-electron chi connectivity index (χ3n) is 1.96. The Morgan fingerprint density at radius 1 is 1.56 bits per heavy atom. The molecule has 1 N–H and O–H groups in total. The summed E-state index contributed by atoms with van der Waals surface area (Å²) >= 11 is 5.91. The number of rotatable bonds is 3. The molecule has 0 aliphatic heterocycles. The summed E-state index contributed by atoms with van der Waals surface area (Å²) in [4.78, 5) is 11.5. The molecule has 16 heavy (non-hydrogen) atoms. The molecule has 0 heterocycles. The van der Waals surface area contributed by atoms with E-state index in [0.717, 1.165) is 0 Å². The molecule has 0 unspecified atom stereocenters. The Labute approximate surface area is 100 Å². The molecule has 0 radical (unpaired) electrons. The average Bonchev–Trinajstić information content (AvgIpc) is 2.20. The number of anilines is 1. The molecule has 1 aromatic carbocycles. The Kier molecular flexibility index (Phi) is 4.33. The van der Waals surface area contributed by atoms with Gasteiger partial charge < -0.3 is 5.32 Å². The van der Waals surface area contributed by atoms with Gasteiger partial charge >= 0.3 is 0 Å². The van der Waals surface area contributed by atoms with Gasteiger partial charge in [0, 0.05) is 6.42 Å². The van der Waals surface area contributed by atoms with Crippen LogP contribution in [0, 0.1) is 17.2 Å². The van der Waals surface area contributed by atoms with Gasteiger partial charge in [-0.1, -0.05) is 25.4 Å². The molecule has 0 atom stereocenters. The quantitative estimate of drug-likeness (QED) is 0.876. The second kappa shape index (κ2) is 5.53. The lowest BCUT2D eigenvalue weighted by molar-refractivity contribution is -0.116. The lowest BCUT2D eigenvalue weighted by Crippen LogP contribution is -2.14. The first-order valence-electron chi connectivity index (χ1n) is 5.02. The number of carbonyl (C=O) groups excluding carboxylic acids is 1. The molecule has 0 aromatic heterocycles. The normalized spacial score (nSPS) is 9.94. The lowest BCUT2D eigenvalue weighted by Gasteiger charge is -2.08. The molecule has 1 aromatic rings. The zero-order valence-electron chi connectivity index (χ0n) is 9.25. The van der Waals surface area contributed by atoms with Crippen molar-refractivity contribution in [3.8, 4) is 6.07 Å². The summed E-state index contributed by atoms with van der Waals surface area (Å²) in [6.07, 6.45) is 0.438. The van der Waals surface area contributed by atoms with Crippen LogP contribution in [0.2, 0.25) is 5.02 Å². The molecule has 0 aliphatic carbocycles. The van der Waals surface area contributed by atoms with Crippen molar-refractivity contribution in [2.75, 3.05) is 5.32 Å². The van der Waals surface area contributed by atoms with Gasteiger partial charge in [0.1, 0.15) is 0 Å². The van der Waals surface area contributed by atoms with E-state index in [9.17, 15) is 4.79 Å². The number of nitriles is 1. The fourth-order valence-corrected chi connectivity index (χ4v) is 1.43. The minimum Gasteiger partial charge on any atom is -0.325 e. The molecule has 0 spiro atoms. The van der Waals surface area contributed by atoms with E-state index >= 15 is 0 Å². The summed E-state index contributed by atoms with van der Waals surface area (Å²) in [5, 5.41) is 11.9. The van der Waals surface area contributed by atoms with E-state index in [0.29, 0.717) is 22.7 Å². The van der Waals surface area contributed by atoms with E-state index in [4.69, 9.17) is 16.9 Å². The van der Waals surface area contributed by atoms with Crippen LogP contribution in [0.5, 0.6) is 0 Å². The summed E-state index contributed by atoms with van der Waals surface area (Å²) in [7, 11) is 0. The highest BCUT2D eigenvalue weighted by Gasteiger charge is 2.08. The van der Waals surface area contributed by atoms with E-state index in [2.05, 4.69) is 5.32 Å². The molecule has 1 rings (SSSR count). The molecule has 0 saturated heterocycles. The number of hydrogen-bond acceptors (Lipinski definition) is 2. The summed E-state index contributed by atoms with van der Waals surface area (Å²) in [6, 6.07) is 6.78. The highest BCUT2D eigenvalue weighted by atomic mass is 35.5. The maximum absolute atomic E-state index is 11.5. The number of hydrogen-bond donors (Lipinski definition) is 1. The Hall–Kier alpha value is -1.53. The maximum Gasteiger partial charge on any atom is 0.224 e. The van der Waals surface area contributed by atoms with E-state index in [1.54, 1.807) is 18.2 Å². The largest absolute Gasteiger partial charge is 0.325 e. The Morgan fingerprint density at radius 3 is 2.81 bits per heavy atom. The van der Waals surface area contributed by atoms with Crippen molar-refractivity contribution >= 4 is 23.2 Å². The summed E-state index contributed by atoms with van der Waals surface area (Å²) in [6.45, 7) is 3.93. The second-order valence-electron chi connectivity index (χ2n) is 3.95. The van der Waals surface area contributed by atoms with Crippen LogP contribution in [0.15, 0.2) is 18.2 Å². The first-order chi connectivity index (χ1) is 7.52. The van der Waals surface area contributed by atoms with E-state index in [1.807, 2.05) is 19.9 Å². The van der Waals surface area contributed by atoms with Crippen LogP contribution < -0.4 is 5.32 Å². The molecule has 0 bridgehead atoms. The first kappa shape index (κ1) is 12.5. The summed E-state index contributed by atoms with van der Waals surface area (Å²) < 4.78 is 0. The highest BCUT2D eigenvalue weighted by molar-refractivity contribution is 6.33. The smallest absolute Gasteiger partial charge is 0.224 e. The van der Waals surface area contributed by atoms with Crippen LogP contribution in [0.25, 0.3) is 0 Å². The van der Waals surface area contributed by atoms with Gasteiger partial charge in [-0.15, -0.1) is 0 Å². The van der Waals surface area contributed by atoms with E-state index in [-0.39, 0.29) is 11.8 Å². The number of benzene rings is 1. The lowest BCUT2D eigenvalue weighted by atomic mass is 10.1. The van der Waals surface area contributed by atoms with Gasteiger partial charge in [0.25, 0.3) is 0 Å². The summed E-state index contributed by atoms with van der Waals surface area (Å²) in [5.41, 5.74) is 0.968. The van der Waals surface area contributed by atoms with Crippen molar-refractivity contribution in [2.45, 2.75) is 20.3 Å². The van der Waals surface area contributed by atoms with Gasteiger partial charge in [0.2, 0.25) is 5.91 Å². The third-order valence-corrected chi connectivity index (χ3v) is 2.29. The van der Waals surface area contributed by atoms with Gasteiger partial charge in [0.05, 0.1) is 22.3 Å². The maximum atomic E-state index is 11.5. The van der Waals surface area contributed by atoms with Crippen LogP contribution in [0.1, 0.15) is 25.8 Å². The molecule has 0 fully saturated rings. The highest BCUT2D eigenvalue weighted by Crippen LogP contribution is 2.23. The van der Waals surface area contributed by atoms with E-state index < -0.39 is 0 Å². The van der Waals surface area contributed by atoms with E-state index in [1.165, 1.54) is 0 Å². The number of halogens is 1. The zero-order chi connectivity index (χ0) is 12.1. The van der Waals surface area contributed by atoms with Crippen LogP contribution in [-0.4, -0.2) is 5.91 Å². The van der Waals surface area contributed by atoms with Crippen molar-refractivity contribution in [1.82, 2.24) is 0 Å². The molecular formula is C12H13ClN2O.